The van der Waals surface area contributed by atoms with Crippen molar-refractivity contribution >= 4 is 17.7 Å². The topological polar surface area (TPSA) is 89.9 Å². The van der Waals surface area contributed by atoms with E-state index in [0.717, 1.165) is 0 Å². The maximum absolute atomic E-state index is 12.1. The lowest BCUT2D eigenvalue weighted by Gasteiger charge is -2.22. The highest BCUT2D eigenvalue weighted by molar-refractivity contribution is 6.00. The lowest BCUT2D eigenvalue weighted by Crippen LogP contribution is -2.36. The van der Waals surface area contributed by atoms with Crippen molar-refractivity contribution < 1.29 is 19.8 Å². The number of aromatic carboxylic acids is 1. The van der Waals surface area contributed by atoms with Gasteiger partial charge in [0.2, 0.25) is 0 Å². The van der Waals surface area contributed by atoms with Crippen LogP contribution in [0.25, 0.3) is 0 Å². The van der Waals surface area contributed by atoms with E-state index < -0.39 is 5.97 Å². The summed E-state index contributed by atoms with van der Waals surface area (Å²) in [4.78, 5) is 24.8. The third-order valence-corrected chi connectivity index (χ3v) is 2.99. The Hall–Kier alpha value is -2.08. The number of amides is 2. The normalized spacial score (nSPS) is 10.2. The molecule has 6 heteroatoms. The molecule has 2 amide bonds. The summed E-state index contributed by atoms with van der Waals surface area (Å²) in [5, 5.41) is 20.6. The fourth-order valence-electron chi connectivity index (χ4n) is 1.86. The molecule has 0 saturated carbocycles. The SMILES string of the molecule is CCN(CCCO)C(=O)Nc1c(C)cccc1C(=O)O. The van der Waals surface area contributed by atoms with E-state index >= 15 is 0 Å². The van der Waals surface area contributed by atoms with E-state index in [4.69, 9.17) is 10.2 Å². The molecule has 1 aromatic rings. The minimum atomic E-state index is -1.08. The molecule has 0 aliphatic heterocycles. The first-order valence-electron chi connectivity index (χ1n) is 6.51. The molecule has 110 valence electrons. The number of urea groups is 1. The number of hydrogen-bond acceptors (Lipinski definition) is 3. The van der Waals surface area contributed by atoms with Crippen molar-refractivity contribution in [2.24, 2.45) is 0 Å². The Kier molecular flexibility index (Phi) is 5.99. The molecule has 0 aliphatic rings. The second kappa shape index (κ2) is 7.49. The number of carboxylic acids is 1. The van der Waals surface area contributed by atoms with Crippen molar-refractivity contribution in [1.82, 2.24) is 4.90 Å². The predicted molar refractivity (Wildman–Crippen MR) is 76.1 cm³/mol. The van der Waals surface area contributed by atoms with Gasteiger partial charge in [0.25, 0.3) is 0 Å². The largest absolute Gasteiger partial charge is 0.478 e. The van der Waals surface area contributed by atoms with Crippen molar-refractivity contribution in [1.29, 1.82) is 0 Å². The highest BCUT2D eigenvalue weighted by atomic mass is 16.4. The van der Waals surface area contributed by atoms with Gasteiger partial charge < -0.3 is 20.4 Å². The second-order valence-corrected chi connectivity index (χ2v) is 4.39. The summed E-state index contributed by atoms with van der Waals surface area (Å²) in [7, 11) is 0. The molecule has 0 aromatic heterocycles. The summed E-state index contributed by atoms with van der Waals surface area (Å²) in [6.07, 6.45) is 0.487. The Morgan fingerprint density at radius 2 is 2.05 bits per heavy atom. The van der Waals surface area contributed by atoms with Crippen molar-refractivity contribution in [3.05, 3.63) is 29.3 Å². The van der Waals surface area contributed by atoms with E-state index in [1.54, 1.807) is 19.1 Å². The zero-order valence-electron chi connectivity index (χ0n) is 11.7. The average Bonchev–Trinajstić information content (AvgIpc) is 2.41. The molecule has 0 aliphatic carbocycles. The summed E-state index contributed by atoms with van der Waals surface area (Å²) in [5.41, 5.74) is 1.07. The van der Waals surface area contributed by atoms with Gasteiger partial charge in [-0.3, -0.25) is 0 Å². The number of para-hydroxylation sites is 1. The molecular formula is C14H20N2O4. The van der Waals surface area contributed by atoms with Crippen molar-refractivity contribution in [3.8, 4) is 0 Å². The number of anilines is 1. The molecule has 0 saturated heterocycles. The van der Waals surface area contributed by atoms with Crippen LogP contribution in [0.15, 0.2) is 18.2 Å². The fraction of sp³-hybridized carbons (Fsp3) is 0.429. The average molecular weight is 280 g/mol. The molecule has 1 aromatic carbocycles. The van der Waals surface area contributed by atoms with E-state index in [1.165, 1.54) is 11.0 Å². The molecule has 0 unspecified atom stereocenters. The third kappa shape index (κ3) is 3.96. The number of benzene rings is 1. The van der Waals surface area contributed by atoms with E-state index in [1.807, 2.05) is 6.92 Å². The third-order valence-electron chi connectivity index (χ3n) is 2.99. The van der Waals surface area contributed by atoms with E-state index in [2.05, 4.69) is 5.32 Å². The van der Waals surface area contributed by atoms with Crippen LogP contribution in [0.5, 0.6) is 0 Å². The first-order chi connectivity index (χ1) is 9.51. The molecular weight excluding hydrogens is 260 g/mol. The number of aryl methyl sites for hydroxylation is 1. The Morgan fingerprint density at radius 3 is 2.60 bits per heavy atom. The molecule has 0 atom stereocenters. The number of nitrogens with one attached hydrogen (secondary N) is 1. The number of nitrogens with zero attached hydrogens (tertiary/aromatic N) is 1. The van der Waals surface area contributed by atoms with Crippen LogP contribution in [0.3, 0.4) is 0 Å². The zero-order chi connectivity index (χ0) is 15.1. The molecule has 0 spiro atoms. The smallest absolute Gasteiger partial charge is 0.337 e. The second-order valence-electron chi connectivity index (χ2n) is 4.39. The first kappa shape index (κ1) is 16.0. The van der Waals surface area contributed by atoms with Crippen LogP contribution in [-0.2, 0) is 0 Å². The van der Waals surface area contributed by atoms with Crippen LogP contribution in [0.1, 0.15) is 29.3 Å². The van der Waals surface area contributed by atoms with Crippen molar-refractivity contribution in [3.63, 3.8) is 0 Å². The van der Waals surface area contributed by atoms with Gasteiger partial charge in [0.05, 0.1) is 11.3 Å². The fourth-order valence-corrected chi connectivity index (χ4v) is 1.86. The zero-order valence-corrected chi connectivity index (χ0v) is 11.7. The monoisotopic (exact) mass is 280 g/mol. The van der Waals surface area contributed by atoms with Gasteiger partial charge in [0, 0.05) is 19.7 Å². The van der Waals surface area contributed by atoms with Gasteiger partial charge in [-0.05, 0) is 31.9 Å². The molecule has 1 rings (SSSR count). The molecule has 20 heavy (non-hydrogen) atoms. The first-order valence-corrected chi connectivity index (χ1v) is 6.51. The number of carboxylic acid groups (broad SMARTS) is 1. The van der Waals surface area contributed by atoms with Gasteiger partial charge in [0.15, 0.2) is 0 Å². The summed E-state index contributed by atoms with van der Waals surface area (Å²) < 4.78 is 0. The maximum atomic E-state index is 12.1. The summed E-state index contributed by atoms with van der Waals surface area (Å²) in [6.45, 7) is 4.49. The van der Waals surface area contributed by atoms with Gasteiger partial charge in [0.1, 0.15) is 0 Å². The van der Waals surface area contributed by atoms with Crippen molar-refractivity contribution in [2.75, 3.05) is 25.0 Å². The van der Waals surface area contributed by atoms with Crippen LogP contribution >= 0.6 is 0 Å². The van der Waals surface area contributed by atoms with Crippen LogP contribution in [0.2, 0.25) is 0 Å². The molecule has 0 fully saturated rings. The minimum absolute atomic E-state index is 0.00845. The van der Waals surface area contributed by atoms with Crippen molar-refractivity contribution in [2.45, 2.75) is 20.3 Å². The van der Waals surface area contributed by atoms with Crippen LogP contribution < -0.4 is 5.32 Å². The number of hydrogen-bond donors (Lipinski definition) is 3. The van der Waals surface area contributed by atoms with E-state index in [0.29, 0.717) is 30.8 Å². The Labute approximate surface area is 118 Å². The van der Waals surface area contributed by atoms with Gasteiger partial charge in [-0.1, -0.05) is 12.1 Å². The Bertz CT molecular complexity index is 488. The number of carbonyl (C=O) groups is 2. The highest BCUT2D eigenvalue weighted by Crippen LogP contribution is 2.21. The Balaban J connectivity index is 2.92. The molecule has 0 heterocycles. The molecule has 3 N–H and O–H groups in total. The van der Waals surface area contributed by atoms with E-state index in [9.17, 15) is 9.59 Å². The lowest BCUT2D eigenvalue weighted by atomic mass is 10.1. The molecule has 0 bridgehead atoms. The number of rotatable bonds is 6. The molecule has 6 nitrogen and oxygen atoms in total. The Morgan fingerprint density at radius 1 is 1.35 bits per heavy atom. The summed E-state index contributed by atoms with van der Waals surface area (Å²) in [6, 6.07) is 4.47. The van der Waals surface area contributed by atoms with Crippen LogP contribution in [0, 0.1) is 6.92 Å². The maximum Gasteiger partial charge on any atom is 0.337 e. The van der Waals surface area contributed by atoms with Crippen LogP contribution in [-0.4, -0.2) is 46.8 Å². The minimum Gasteiger partial charge on any atom is -0.478 e. The number of aliphatic hydroxyl groups is 1. The number of aliphatic hydroxyl groups excluding tert-OH is 1. The van der Waals surface area contributed by atoms with Gasteiger partial charge >= 0.3 is 12.0 Å². The standard InChI is InChI=1S/C14H20N2O4/c1-3-16(8-5-9-17)14(20)15-12-10(2)6-4-7-11(12)13(18)19/h4,6-7,17H,3,5,8-9H2,1-2H3,(H,15,20)(H,18,19). The lowest BCUT2D eigenvalue weighted by molar-refractivity contribution is 0.0698. The van der Waals surface area contributed by atoms with Gasteiger partial charge in [-0.2, -0.15) is 0 Å². The summed E-state index contributed by atoms with van der Waals surface area (Å²) in [5.74, 6) is -1.08. The highest BCUT2D eigenvalue weighted by Gasteiger charge is 2.17. The predicted octanol–water partition coefficient (Wildman–Crippen LogP) is 1.93. The van der Waals surface area contributed by atoms with Gasteiger partial charge in [-0.25, -0.2) is 9.59 Å². The molecule has 0 radical (unpaired) electrons. The van der Waals surface area contributed by atoms with Crippen LogP contribution in [0.4, 0.5) is 10.5 Å². The van der Waals surface area contributed by atoms with Gasteiger partial charge in [-0.15, -0.1) is 0 Å². The summed E-state index contributed by atoms with van der Waals surface area (Å²) >= 11 is 0. The quantitative estimate of drug-likeness (QED) is 0.742. The number of carbonyl (C=O) groups excluding carboxylic acids is 1. The van der Waals surface area contributed by atoms with E-state index in [-0.39, 0.29) is 18.2 Å².